The maximum absolute atomic E-state index is 5.78. The highest BCUT2D eigenvalue weighted by Crippen LogP contribution is 2.52. The average Bonchev–Trinajstić information content (AvgIpc) is 2.84. The van der Waals surface area contributed by atoms with Gasteiger partial charge in [0.25, 0.3) is 0 Å². The van der Waals surface area contributed by atoms with Crippen LogP contribution in [0.5, 0.6) is 0 Å². The molecule has 1 saturated heterocycles. The maximum Gasteiger partial charge on any atom is 0.143 e. The molecule has 4 rings (SSSR count). The predicted molar refractivity (Wildman–Crippen MR) is 75.0 cm³/mol. The van der Waals surface area contributed by atoms with Crippen molar-refractivity contribution in [2.45, 2.75) is 13.3 Å². The standard InChI is InChI=1S/C14H19N5/c1-2-8-4-16-13-12(8)14(18-7-17-13)19-5-10-9(3-15)11(10)6-19/h4,7,9-11H,2-3,5-6,15H2,1H3,(H,16,17,18)/t9?,10-,11+. The summed E-state index contributed by atoms with van der Waals surface area (Å²) in [6.07, 6.45) is 4.73. The quantitative estimate of drug-likeness (QED) is 0.865. The molecule has 0 aromatic carbocycles. The summed E-state index contributed by atoms with van der Waals surface area (Å²) in [4.78, 5) is 14.5. The number of aromatic amines is 1. The molecule has 2 aliphatic rings. The molecule has 0 amide bonds. The lowest BCUT2D eigenvalue weighted by Gasteiger charge is -2.21. The van der Waals surface area contributed by atoms with E-state index in [-0.39, 0.29) is 0 Å². The average molecular weight is 257 g/mol. The topological polar surface area (TPSA) is 70.8 Å². The molecule has 1 unspecified atom stereocenters. The first kappa shape index (κ1) is 11.2. The van der Waals surface area contributed by atoms with Crippen LogP contribution in [0.25, 0.3) is 11.0 Å². The highest BCUT2D eigenvalue weighted by atomic mass is 15.2. The third-order valence-electron chi connectivity index (χ3n) is 4.86. The van der Waals surface area contributed by atoms with Gasteiger partial charge in [-0.25, -0.2) is 9.97 Å². The van der Waals surface area contributed by atoms with Gasteiger partial charge in [-0.2, -0.15) is 0 Å². The second-order valence-corrected chi connectivity index (χ2v) is 5.72. The van der Waals surface area contributed by atoms with E-state index in [1.54, 1.807) is 6.33 Å². The third kappa shape index (κ3) is 1.51. The van der Waals surface area contributed by atoms with Crippen LogP contribution in [0.2, 0.25) is 0 Å². The number of fused-ring (bicyclic) bond motifs is 2. The molecule has 5 nitrogen and oxygen atoms in total. The van der Waals surface area contributed by atoms with E-state index in [1.165, 1.54) is 10.9 Å². The van der Waals surface area contributed by atoms with Gasteiger partial charge in [0.2, 0.25) is 0 Å². The lowest BCUT2D eigenvalue weighted by Crippen LogP contribution is -2.27. The summed E-state index contributed by atoms with van der Waals surface area (Å²) in [5.74, 6) is 3.44. The smallest absolute Gasteiger partial charge is 0.143 e. The van der Waals surface area contributed by atoms with E-state index in [0.717, 1.165) is 55.3 Å². The first-order chi connectivity index (χ1) is 9.33. The molecule has 2 aromatic rings. The Balaban J connectivity index is 1.71. The van der Waals surface area contributed by atoms with Crippen LogP contribution in [-0.4, -0.2) is 34.6 Å². The number of aromatic nitrogens is 3. The summed E-state index contributed by atoms with van der Waals surface area (Å²) < 4.78 is 0. The Kier molecular flexibility index (Phi) is 2.33. The number of nitrogens with one attached hydrogen (secondary N) is 1. The summed E-state index contributed by atoms with van der Waals surface area (Å²) >= 11 is 0. The molecule has 5 heteroatoms. The summed E-state index contributed by atoms with van der Waals surface area (Å²) in [5, 5.41) is 1.20. The first-order valence-corrected chi connectivity index (χ1v) is 7.09. The molecule has 0 radical (unpaired) electrons. The van der Waals surface area contributed by atoms with Crippen molar-refractivity contribution >= 4 is 16.9 Å². The van der Waals surface area contributed by atoms with Gasteiger partial charge in [0.15, 0.2) is 0 Å². The van der Waals surface area contributed by atoms with Crippen molar-refractivity contribution in [2.75, 3.05) is 24.5 Å². The fourth-order valence-corrected chi connectivity index (χ4v) is 3.70. The van der Waals surface area contributed by atoms with Crippen LogP contribution < -0.4 is 10.6 Å². The van der Waals surface area contributed by atoms with Crippen LogP contribution >= 0.6 is 0 Å². The molecule has 19 heavy (non-hydrogen) atoms. The van der Waals surface area contributed by atoms with Crippen molar-refractivity contribution in [3.63, 3.8) is 0 Å². The molecule has 1 aliphatic heterocycles. The fourth-order valence-electron chi connectivity index (χ4n) is 3.70. The van der Waals surface area contributed by atoms with E-state index in [2.05, 4.69) is 33.0 Å². The predicted octanol–water partition coefficient (Wildman–Crippen LogP) is 1.16. The second-order valence-electron chi connectivity index (χ2n) is 5.72. The molecule has 2 aromatic heterocycles. The summed E-state index contributed by atoms with van der Waals surface area (Å²) in [6.45, 7) is 5.22. The zero-order valence-corrected chi connectivity index (χ0v) is 11.1. The van der Waals surface area contributed by atoms with Crippen LogP contribution in [0.4, 0.5) is 5.82 Å². The minimum Gasteiger partial charge on any atom is -0.355 e. The van der Waals surface area contributed by atoms with E-state index in [4.69, 9.17) is 5.73 Å². The number of nitrogens with two attached hydrogens (primary N) is 1. The Morgan fingerprint density at radius 1 is 1.37 bits per heavy atom. The maximum atomic E-state index is 5.78. The van der Waals surface area contributed by atoms with E-state index >= 15 is 0 Å². The van der Waals surface area contributed by atoms with Gasteiger partial charge in [-0.3, -0.25) is 0 Å². The normalized spacial score (nSPS) is 28.9. The Bertz CT molecular complexity index is 607. The van der Waals surface area contributed by atoms with Crippen molar-refractivity contribution in [1.82, 2.24) is 15.0 Å². The number of rotatable bonds is 3. The van der Waals surface area contributed by atoms with E-state index < -0.39 is 0 Å². The Hall–Kier alpha value is -1.62. The molecular formula is C14H19N5. The molecule has 1 saturated carbocycles. The van der Waals surface area contributed by atoms with Gasteiger partial charge in [-0.05, 0) is 36.3 Å². The van der Waals surface area contributed by atoms with Crippen LogP contribution in [0.3, 0.4) is 0 Å². The molecule has 3 N–H and O–H groups in total. The van der Waals surface area contributed by atoms with Crippen molar-refractivity contribution in [2.24, 2.45) is 23.5 Å². The Morgan fingerprint density at radius 3 is 2.84 bits per heavy atom. The van der Waals surface area contributed by atoms with E-state index in [1.807, 2.05) is 0 Å². The van der Waals surface area contributed by atoms with Gasteiger partial charge >= 0.3 is 0 Å². The van der Waals surface area contributed by atoms with Crippen molar-refractivity contribution in [3.8, 4) is 0 Å². The van der Waals surface area contributed by atoms with E-state index in [9.17, 15) is 0 Å². The Labute approximate surface area is 112 Å². The van der Waals surface area contributed by atoms with Crippen molar-refractivity contribution in [1.29, 1.82) is 0 Å². The molecule has 3 heterocycles. The lowest BCUT2D eigenvalue weighted by atomic mass is 10.1. The molecule has 3 atom stereocenters. The Morgan fingerprint density at radius 2 is 2.16 bits per heavy atom. The minimum absolute atomic E-state index is 0.755. The molecule has 100 valence electrons. The third-order valence-corrected chi connectivity index (χ3v) is 4.86. The van der Waals surface area contributed by atoms with Gasteiger partial charge < -0.3 is 15.6 Å². The van der Waals surface area contributed by atoms with Gasteiger partial charge in [0, 0.05) is 19.3 Å². The number of piperidine rings is 1. The number of anilines is 1. The monoisotopic (exact) mass is 257 g/mol. The zero-order chi connectivity index (χ0) is 13.0. The molecule has 1 aliphatic carbocycles. The highest BCUT2D eigenvalue weighted by Gasteiger charge is 2.55. The van der Waals surface area contributed by atoms with Gasteiger partial charge in [-0.1, -0.05) is 6.92 Å². The minimum atomic E-state index is 0.755. The number of aryl methyl sites for hydroxylation is 1. The lowest BCUT2D eigenvalue weighted by molar-refractivity contribution is 0.645. The van der Waals surface area contributed by atoms with Gasteiger partial charge in [0.05, 0.1) is 5.39 Å². The zero-order valence-electron chi connectivity index (χ0n) is 11.1. The fraction of sp³-hybridized carbons (Fsp3) is 0.571. The first-order valence-electron chi connectivity index (χ1n) is 7.09. The van der Waals surface area contributed by atoms with Crippen molar-refractivity contribution in [3.05, 3.63) is 18.1 Å². The van der Waals surface area contributed by atoms with Crippen LogP contribution in [0, 0.1) is 17.8 Å². The van der Waals surface area contributed by atoms with Crippen LogP contribution in [-0.2, 0) is 6.42 Å². The number of H-pyrrole nitrogens is 1. The second kappa shape index (κ2) is 3.93. The SMILES string of the molecule is CCc1c[nH]c2ncnc(N3C[C@@H]4C(CN)[C@@H]4C3)c12. The van der Waals surface area contributed by atoms with Crippen LogP contribution in [0.15, 0.2) is 12.5 Å². The van der Waals surface area contributed by atoms with Crippen molar-refractivity contribution < 1.29 is 0 Å². The van der Waals surface area contributed by atoms with Gasteiger partial charge in [-0.15, -0.1) is 0 Å². The summed E-state index contributed by atoms with van der Waals surface area (Å²) in [5.41, 5.74) is 8.04. The molecular weight excluding hydrogens is 238 g/mol. The molecule has 0 spiro atoms. The largest absolute Gasteiger partial charge is 0.355 e. The van der Waals surface area contributed by atoms with Gasteiger partial charge in [0.1, 0.15) is 17.8 Å². The number of hydrogen-bond donors (Lipinski definition) is 2. The summed E-state index contributed by atoms with van der Waals surface area (Å²) in [6, 6.07) is 0. The highest BCUT2D eigenvalue weighted by molar-refractivity contribution is 5.91. The number of hydrogen-bond acceptors (Lipinski definition) is 4. The molecule has 0 bridgehead atoms. The molecule has 2 fully saturated rings. The van der Waals surface area contributed by atoms with Crippen LogP contribution in [0.1, 0.15) is 12.5 Å². The summed E-state index contributed by atoms with van der Waals surface area (Å²) in [7, 11) is 0. The number of nitrogens with zero attached hydrogens (tertiary/aromatic N) is 3. The van der Waals surface area contributed by atoms with E-state index in [0.29, 0.717) is 0 Å².